The summed E-state index contributed by atoms with van der Waals surface area (Å²) in [6, 6.07) is 5.71. The van der Waals surface area contributed by atoms with Crippen molar-refractivity contribution in [3.05, 3.63) is 29.8 Å². The zero-order chi connectivity index (χ0) is 15.8. The zero-order valence-corrected chi connectivity index (χ0v) is 11.5. The summed E-state index contributed by atoms with van der Waals surface area (Å²) in [7, 11) is 0. The molecule has 2 N–H and O–H groups in total. The minimum atomic E-state index is -2.89. The van der Waals surface area contributed by atoms with Crippen molar-refractivity contribution in [2.75, 3.05) is 6.54 Å². The SMILES string of the molecule is CCC(CNC(=O)Cc1ccc(OC(F)F)cc1)C(=O)O. The quantitative estimate of drug-likeness (QED) is 0.770. The molecular weight excluding hydrogens is 284 g/mol. The number of carbonyl (C=O) groups is 2. The van der Waals surface area contributed by atoms with Crippen LogP contribution >= 0.6 is 0 Å². The second-order valence-electron chi connectivity index (χ2n) is 4.45. The van der Waals surface area contributed by atoms with E-state index < -0.39 is 18.5 Å². The third-order valence-corrected chi connectivity index (χ3v) is 2.90. The van der Waals surface area contributed by atoms with Crippen LogP contribution in [0.15, 0.2) is 24.3 Å². The Morgan fingerprint density at radius 1 is 1.29 bits per heavy atom. The number of halogens is 2. The monoisotopic (exact) mass is 301 g/mol. The summed E-state index contributed by atoms with van der Waals surface area (Å²) < 4.78 is 28.1. The van der Waals surface area contributed by atoms with Crippen LogP contribution in [0.5, 0.6) is 5.75 Å². The molecule has 0 saturated carbocycles. The average Bonchev–Trinajstić information content (AvgIpc) is 2.40. The number of benzene rings is 1. The molecule has 0 aliphatic rings. The highest BCUT2D eigenvalue weighted by Crippen LogP contribution is 2.15. The van der Waals surface area contributed by atoms with E-state index in [1.165, 1.54) is 24.3 Å². The molecule has 1 unspecified atom stereocenters. The number of nitrogens with one attached hydrogen (secondary N) is 1. The first kappa shape index (κ1) is 16.9. The van der Waals surface area contributed by atoms with Crippen LogP contribution in [0.3, 0.4) is 0 Å². The lowest BCUT2D eigenvalue weighted by Crippen LogP contribution is -2.33. The third kappa shape index (κ3) is 6.20. The van der Waals surface area contributed by atoms with E-state index in [4.69, 9.17) is 5.11 Å². The van der Waals surface area contributed by atoms with Crippen LogP contribution in [0.2, 0.25) is 0 Å². The van der Waals surface area contributed by atoms with E-state index >= 15 is 0 Å². The molecule has 1 atom stereocenters. The maximum absolute atomic E-state index is 12.0. The van der Waals surface area contributed by atoms with Crippen LogP contribution in [0.25, 0.3) is 0 Å². The normalized spacial score (nSPS) is 12.0. The Labute approximate surface area is 120 Å². The summed E-state index contributed by atoms with van der Waals surface area (Å²) in [5.74, 6) is -1.87. The Kier molecular flexibility index (Phi) is 6.58. The van der Waals surface area contributed by atoms with Crippen molar-refractivity contribution in [2.45, 2.75) is 26.4 Å². The fraction of sp³-hybridized carbons (Fsp3) is 0.429. The molecule has 116 valence electrons. The highest BCUT2D eigenvalue weighted by Gasteiger charge is 2.15. The molecule has 1 amide bonds. The van der Waals surface area contributed by atoms with Crippen LogP contribution in [0.1, 0.15) is 18.9 Å². The van der Waals surface area contributed by atoms with Gasteiger partial charge in [-0.1, -0.05) is 19.1 Å². The predicted octanol–water partition coefficient (Wildman–Crippen LogP) is 2.06. The molecule has 21 heavy (non-hydrogen) atoms. The molecule has 0 aliphatic carbocycles. The van der Waals surface area contributed by atoms with Gasteiger partial charge < -0.3 is 15.2 Å². The number of carboxylic acids is 1. The van der Waals surface area contributed by atoms with Gasteiger partial charge in [0.15, 0.2) is 0 Å². The number of aliphatic carboxylic acids is 1. The molecule has 0 aromatic heterocycles. The van der Waals surface area contributed by atoms with E-state index in [2.05, 4.69) is 10.1 Å². The second-order valence-corrected chi connectivity index (χ2v) is 4.45. The molecule has 1 aromatic rings. The van der Waals surface area contributed by atoms with Crippen molar-refractivity contribution >= 4 is 11.9 Å². The molecule has 0 radical (unpaired) electrons. The van der Waals surface area contributed by atoms with Gasteiger partial charge in [-0.05, 0) is 24.1 Å². The van der Waals surface area contributed by atoms with Crippen molar-refractivity contribution in [3.63, 3.8) is 0 Å². The number of rotatable bonds is 8. The van der Waals surface area contributed by atoms with Crippen LogP contribution < -0.4 is 10.1 Å². The predicted molar refractivity (Wildman–Crippen MR) is 71.2 cm³/mol. The summed E-state index contributed by atoms with van der Waals surface area (Å²) >= 11 is 0. The standard InChI is InChI=1S/C14H17F2NO4/c1-2-10(13(19)20)8-17-12(18)7-9-3-5-11(6-4-9)21-14(15)16/h3-6,10,14H,2,7-8H2,1H3,(H,17,18)(H,19,20). The molecule has 0 heterocycles. The molecule has 0 saturated heterocycles. The number of amides is 1. The molecule has 0 fully saturated rings. The molecule has 1 aromatic carbocycles. The highest BCUT2D eigenvalue weighted by atomic mass is 19.3. The van der Waals surface area contributed by atoms with E-state index in [0.29, 0.717) is 12.0 Å². The minimum Gasteiger partial charge on any atom is -0.481 e. The van der Waals surface area contributed by atoms with Crippen LogP contribution in [-0.2, 0) is 16.0 Å². The van der Waals surface area contributed by atoms with Gasteiger partial charge in [0.1, 0.15) is 5.75 Å². The van der Waals surface area contributed by atoms with E-state index in [0.717, 1.165) is 0 Å². The lowest BCUT2D eigenvalue weighted by Gasteiger charge is -2.11. The Morgan fingerprint density at radius 3 is 2.38 bits per heavy atom. The number of carbonyl (C=O) groups excluding carboxylic acids is 1. The second kappa shape index (κ2) is 8.18. The Hall–Kier alpha value is -2.18. The maximum atomic E-state index is 12.0. The van der Waals surface area contributed by atoms with Gasteiger partial charge in [-0.3, -0.25) is 9.59 Å². The summed E-state index contributed by atoms with van der Waals surface area (Å²) in [6.45, 7) is -1.09. The molecular formula is C14H17F2NO4. The number of carboxylic acid groups (broad SMARTS) is 1. The van der Waals surface area contributed by atoms with Crippen LogP contribution in [0, 0.1) is 5.92 Å². The van der Waals surface area contributed by atoms with Crippen LogP contribution in [0.4, 0.5) is 8.78 Å². The smallest absolute Gasteiger partial charge is 0.387 e. The maximum Gasteiger partial charge on any atom is 0.387 e. The molecule has 0 spiro atoms. The number of ether oxygens (including phenoxy) is 1. The molecule has 0 bridgehead atoms. The molecule has 1 rings (SSSR count). The lowest BCUT2D eigenvalue weighted by atomic mass is 10.1. The number of hydrogen-bond donors (Lipinski definition) is 2. The first-order chi connectivity index (χ1) is 9.92. The van der Waals surface area contributed by atoms with E-state index in [1.807, 2.05) is 0 Å². The van der Waals surface area contributed by atoms with Gasteiger partial charge in [0.05, 0.1) is 12.3 Å². The molecule has 7 heteroatoms. The average molecular weight is 301 g/mol. The van der Waals surface area contributed by atoms with E-state index in [-0.39, 0.29) is 24.6 Å². The third-order valence-electron chi connectivity index (χ3n) is 2.90. The largest absolute Gasteiger partial charge is 0.481 e. The van der Waals surface area contributed by atoms with Crippen molar-refractivity contribution in [2.24, 2.45) is 5.92 Å². The van der Waals surface area contributed by atoms with Crippen molar-refractivity contribution < 1.29 is 28.2 Å². The summed E-state index contributed by atoms with van der Waals surface area (Å²) in [4.78, 5) is 22.5. The van der Waals surface area contributed by atoms with Gasteiger partial charge in [0.25, 0.3) is 0 Å². The van der Waals surface area contributed by atoms with Gasteiger partial charge in [-0.25, -0.2) is 0 Å². The Morgan fingerprint density at radius 2 is 1.90 bits per heavy atom. The van der Waals surface area contributed by atoms with Gasteiger partial charge in [-0.15, -0.1) is 0 Å². The van der Waals surface area contributed by atoms with Gasteiger partial charge in [0.2, 0.25) is 5.91 Å². The van der Waals surface area contributed by atoms with Crippen molar-refractivity contribution in [1.82, 2.24) is 5.32 Å². The van der Waals surface area contributed by atoms with Gasteiger partial charge >= 0.3 is 12.6 Å². The van der Waals surface area contributed by atoms with Crippen molar-refractivity contribution in [1.29, 1.82) is 0 Å². The van der Waals surface area contributed by atoms with E-state index in [9.17, 15) is 18.4 Å². The lowest BCUT2D eigenvalue weighted by molar-refractivity contribution is -0.141. The fourth-order valence-corrected chi connectivity index (χ4v) is 1.68. The first-order valence-corrected chi connectivity index (χ1v) is 6.45. The van der Waals surface area contributed by atoms with E-state index in [1.54, 1.807) is 6.92 Å². The molecule has 0 aliphatic heterocycles. The van der Waals surface area contributed by atoms with Gasteiger partial charge in [0, 0.05) is 6.54 Å². The first-order valence-electron chi connectivity index (χ1n) is 6.45. The summed E-state index contributed by atoms with van der Waals surface area (Å²) in [5, 5.41) is 11.4. The Balaban J connectivity index is 2.46. The number of hydrogen-bond acceptors (Lipinski definition) is 3. The molecule has 5 nitrogen and oxygen atoms in total. The number of alkyl halides is 2. The Bertz CT molecular complexity index is 476. The summed E-state index contributed by atoms with van der Waals surface area (Å²) in [5.41, 5.74) is 0.623. The minimum absolute atomic E-state index is 0.0195. The van der Waals surface area contributed by atoms with Crippen LogP contribution in [-0.4, -0.2) is 30.1 Å². The summed E-state index contributed by atoms with van der Waals surface area (Å²) in [6.07, 6.45) is 0.473. The van der Waals surface area contributed by atoms with Gasteiger partial charge in [-0.2, -0.15) is 8.78 Å². The fourth-order valence-electron chi connectivity index (χ4n) is 1.68. The zero-order valence-electron chi connectivity index (χ0n) is 11.5. The highest BCUT2D eigenvalue weighted by molar-refractivity contribution is 5.79. The van der Waals surface area contributed by atoms with Crippen molar-refractivity contribution in [3.8, 4) is 5.75 Å². The topological polar surface area (TPSA) is 75.6 Å².